The Morgan fingerprint density at radius 2 is 2.14 bits per heavy atom. The van der Waals surface area contributed by atoms with Crippen LogP contribution in [0.1, 0.15) is 39.2 Å². The van der Waals surface area contributed by atoms with E-state index in [-0.39, 0.29) is 17.6 Å². The Morgan fingerprint density at radius 1 is 1.36 bits per heavy atom. The normalized spacial score (nSPS) is 14.7. The molecule has 0 radical (unpaired) electrons. The molecule has 1 aliphatic carbocycles. The van der Waals surface area contributed by atoms with Crippen LogP contribution in [-0.2, 0) is 14.3 Å². The van der Waals surface area contributed by atoms with Gasteiger partial charge in [0.2, 0.25) is 5.91 Å². The zero-order valence-corrected chi connectivity index (χ0v) is 17.1. The molecule has 0 saturated heterocycles. The summed E-state index contributed by atoms with van der Waals surface area (Å²) < 4.78 is 6.88. The molecular weight excluding hydrogens is 378 g/mol. The van der Waals surface area contributed by atoms with E-state index in [4.69, 9.17) is 4.74 Å². The Kier molecular flexibility index (Phi) is 6.66. The minimum absolute atomic E-state index is 0.156. The fourth-order valence-corrected chi connectivity index (χ4v) is 3.74. The molecule has 1 N–H and O–H groups in total. The lowest BCUT2D eigenvalue weighted by atomic mass is 10.0. The number of nitrogens with zero attached hydrogens (tertiary/aromatic N) is 4. The zero-order valence-electron chi connectivity index (χ0n) is 16.3. The minimum atomic E-state index is -0.634. The lowest BCUT2D eigenvalue weighted by Gasteiger charge is -2.18. The van der Waals surface area contributed by atoms with Crippen LogP contribution in [0.5, 0.6) is 0 Å². The maximum Gasteiger partial charge on any atom is 0.328 e. The summed E-state index contributed by atoms with van der Waals surface area (Å²) in [6, 6.07) is 3.54. The van der Waals surface area contributed by atoms with Crippen molar-refractivity contribution in [2.24, 2.45) is 5.92 Å². The first kappa shape index (κ1) is 20.3. The summed E-state index contributed by atoms with van der Waals surface area (Å²) in [5, 5.41) is 12.1. The number of carbonyl (C=O) groups is 2. The minimum Gasteiger partial charge on any atom is -0.467 e. The van der Waals surface area contributed by atoms with Crippen molar-refractivity contribution in [3.05, 3.63) is 24.5 Å². The van der Waals surface area contributed by atoms with Crippen molar-refractivity contribution in [3.8, 4) is 11.4 Å². The van der Waals surface area contributed by atoms with Gasteiger partial charge in [-0.2, -0.15) is 0 Å². The van der Waals surface area contributed by atoms with Crippen molar-refractivity contribution in [1.82, 2.24) is 25.1 Å². The third-order valence-electron chi connectivity index (χ3n) is 4.36. The number of methoxy groups -OCH3 is 1. The predicted octanol–water partition coefficient (Wildman–Crippen LogP) is 2.47. The van der Waals surface area contributed by atoms with Crippen molar-refractivity contribution >= 4 is 23.6 Å². The van der Waals surface area contributed by atoms with E-state index in [0.29, 0.717) is 17.6 Å². The molecule has 1 aliphatic rings. The van der Waals surface area contributed by atoms with Crippen LogP contribution in [0, 0.1) is 5.92 Å². The van der Waals surface area contributed by atoms with Gasteiger partial charge in [0, 0.05) is 24.0 Å². The number of nitrogens with one attached hydrogen (secondary N) is 1. The number of pyridine rings is 1. The highest BCUT2D eigenvalue weighted by atomic mass is 32.2. The molecule has 8 nitrogen and oxygen atoms in total. The van der Waals surface area contributed by atoms with E-state index in [9.17, 15) is 9.59 Å². The lowest BCUT2D eigenvalue weighted by Crippen LogP contribution is -2.43. The van der Waals surface area contributed by atoms with Gasteiger partial charge in [-0.05, 0) is 37.3 Å². The number of ether oxygens (including phenoxy) is 1. The molecule has 2 aromatic heterocycles. The summed E-state index contributed by atoms with van der Waals surface area (Å²) in [6.45, 7) is 3.99. The highest BCUT2D eigenvalue weighted by molar-refractivity contribution is 7.99. The maximum atomic E-state index is 12.4. The van der Waals surface area contributed by atoms with Crippen LogP contribution < -0.4 is 5.32 Å². The summed E-state index contributed by atoms with van der Waals surface area (Å²) in [7, 11) is 1.33. The molecule has 0 aromatic carbocycles. The number of thioether (sulfide) groups is 1. The van der Waals surface area contributed by atoms with Crippen LogP contribution in [0.4, 0.5) is 0 Å². The maximum absolute atomic E-state index is 12.4. The summed E-state index contributed by atoms with van der Waals surface area (Å²) in [5.41, 5.74) is 0.904. The van der Waals surface area contributed by atoms with Crippen molar-refractivity contribution in [1.29, 1.82) is 0 Å². The molecule has 1 fully saturated rings. The molecule has 1 amide bonds. The number of hydrogen-bond acceptors (Lipinski definition) is 7. The van der Waals surface area contributed by atoms with Gasteiger partial charge >= 0.3 is 5.97 Å². The van der Waals surface area contributed by atoms with Gasteiger partial charge in [0.05, 0.1) is 12.9 Å². The Hall–Kier alpha value is -2.42. The highest BCUT2D eigenvalue weighted by Crippen LogP contribution is 2.40. The average Bonchev–Trinajstić information content (AvgIpc) is 3.44. The van der Waals surface area contributed by atoms with Gasteiger partial charge in [0.1, 0.15) is 6.04 Å². The number of esters is 1. The van der Waals surface area contributed by atoms with Crippen molar-refractivity contribution in [3.63, 3.8) is 0 Å². The predicted molar refractivity (Wildman–Crippen MR) is 106 cm³/mol. The second kappa shape index (κ2) is 9.18. The van der Waals surface area contributed by atoms with Crippen LogP contribution in [-0.4, -0.2) is 50.5 Å². The standard InChI is InChI=1S/C19H25N5O3S/c1-12(2)9-15(18(26)27-3)21-16(25)11-28-19-23-22-17(24(19)14-6-7-14)13-5-4-8-20-10-13/h4-5,8,10,12,14-15H,6-7,9,11H2,1-3H3,(H,21,25)/t15-/m0/s1. The zero-order chi connectivity index (χ0) is 20.1. The highest BCUT2D eigenvalue weighted by Gasteiger charge is 2.30. The Bertz CT molecular complexity index is 820. The van der Waals surface area contributed by atoms with Gasteiger partial charge in [-0.15, -0.1) is 10.2 Å². The van der Waals surface area contributed by atoms with E-state index in [2.05, 4.69) is 25.1 Å². The first-order chi connectivity index (χ1) is 13.5. The molecule has 9 heteroatoms. The van der Waals surface area contributed by atoms with Crippen LogP contribution in [0.25, 0.3) is 11.4 Å². The molecule has 0 spiro atoms. The van der Waals surface area contributed by atoms with Gasteiger partial charge in [-0.1, -0.05) is 25.6 Å². The summed E-state index contributed by atoms with van der Waals surface area (Å²) in [6.07, 6.45) is 6.16. The number of carbonyl (C=O) groups excluding carboxylic acids is 2. The molecule has 0 bridgehead atoms. The molecule has 150 valence electrons. The van der Waals surface area contributed by atoms with E-state index in [1.165, 1.54) is 18.9 Å². The molecule has 3 rings (SSSR count). The van der Waals surface area contributed by atoms with Gasteiger partial charge in [-0.3, -0.25) is 14.3 Å². The van der Waals surface area contributed by atoms with Gasteiger partial charge in [-0.25, -0.2) is 4.79 Å². The molecule has 1 saturated carbocycles. The van der Waals surface area contributed by atoms with Crippen molar-refractivity contribution in [2.45, 2.75) is 50.4 Å². The van der Waals surface area contributed by atoms with Gasteiger partial charge < -0.3 is 10.1 Å². The van der Waals surface area contributed by atoms with Crippen molar-refractivity contribution < 1.29 is 14.3 Å². The quantitative estimate of drug-likeness (QED) is 0.507. The lowest BCUT2D eigenvalue weighted by molar-refractivity contribution is -0.145. The topological polar surface area (TPSA) is 99.0 Å². The second-order valence-corrected chi connectivity index (χ2v) is 8.15. The number of aromatic nitrogens is 4. The molecule has 0 aliphatic heterocycles. The van der Waals surface area contributed by atoms with Crippen LogP contribution in [0.15, 0.2) is 29.7 Å². The van der Waals surface area contributed by atoms with E-state index in [0.717, 1.165) is 24.2 Å². The fraction of sp³-hybridized carbons (Fsp3) is 0.526. The van der Waals surface area contributed by atoms with E-state index >= 15 is 0 Å². The first-order valence-electron chi connectivity index (χ1n) is 9.35. The molecule has 1 atom stereocenters. The first-order valence-corrected chi connectivity index (χ1v) is 10.3. The Labute approximate surface area is 168 Å². The number of hydrogen-bond donors (Lipinski definition) is 1. The summed E-state index contributed by atoms with van der Waals surface area (Å²) in [5.74, 6) is 0.535. The monoisotopic (exact) mass is 403 g/mol. The van der Waals surface area contributed by atoms with Crippen LogP contribution >= 0.6 is 11.8 Å². The summed E-state index contributed by atoms with van der Waals surface area (Å²) in [4.78, 5) is 28.4. The Balaban J connectivity index is 1.66. The SMILES string of the molecule is COC(=O)[C@H](CC(C)C)NC(=O)CSc1nnc(-c2cccnc2)n1C1CC1. The van der Waals surface area contributed by atoms with E-state index < -0.39 is 12.0 Å². The van der Waals surface area contributed by atoms with Crippen molar-refractivity contribution in [2.75, 3.05) is 12.9 Å². The molecule has 2 heterocycles. The largest absolute Gasteiger partial charge is 0.467 e. The number of amides is 1. The third-order valence-corrected chi connectivity index (χ3v) is 5.30. The van der Waals surface area contributed by atoms with E-state index in [1.807, 2.05) is 26.0 Å². The third kappa shape index (κ3) is 5.09. The van der Waals surface area contributed by atoms with E-state index in [1.54, 1.807) is 12.4 Å². The number of rotatable bonds is 9. The van der Waals surface area contributed by atoms with Crippen LogP contribution in [0.3, 0.4) is 0 Å². The smallest absolute Gasteiger partial charge is 0.328 e. The molecular formula is C19H25N5O3S. The average molecular weight is 404 g/mol. The van der Waals surface area contributed by atoms with Gasteiger partial charge in [0.15, 0.2) is 11.0 Å². The fourth-order valence-electron chi connectivity index (χ4n) is 2.92. The van der Waals surface area contributed by atoms with Crippen LogP contribution in [0.2, 0.25) is 0 Å². The molecule has 0 unspecified atom stereocenters. The second-order valence-electron chi connectivity index (χ2n) is 7.21. The van der Waals surface area contributed by atoms with Gasteiger partial charge in [0.25, 0.3) is 0 Å². The molecule has 28 heavy (non-hydrogen) atoms. The Morgan fingerprint density at radius 3 is 2.75 bits per heavy atom. The summed E-state index contributed by atoms with van der Waals surface area (Å²) >= 11 is 1.32. The molecule has 2 aromatic rings.